The maximum absolute atomic E-state index is 12.6. The molecule has 1 atom stereocenters. The summed E-state index contributed by atoms with van der Waals surface area (Å²) in [6.07, 6.45) is 2.15. The second-order valence-corrected chi connectivity index (χ2v) is 10.0. The van der Waals surface area contributed by atoms with Crippen LogP contribution in [0.2, 0.25) is 0 Å². The maximum atomic E-state index is 12.6. The number of hydrogen-bond acceptors (Lipinski definition) is 8. The van der Waals surface area contributed by atoms with E-state index < -0.39 is 17.8 Å². The van der Waals surface area contributed by atoms with E-state index in [9.17, 15) is 19.2 Å². The van der Waals surface area contributed by atoms with Crippen molar-refractivity contribution in [3.63, 3.8) is 0 Å². The number of carbonyl (C=O) groups is 4. The lowest BCUT2D eigenvalue weighted by molar-refractivity contribution is -0.141. The number of methoxy groups -OCH3 is 1. The minimum Gasteiger partial charge on any atom is -0.468 e. The first kappa shape index (κ1) is 26.0. The topological polar surface area (TPSA) is 107 Å². The van der Waals surface area contributed by atoms with Gasteiger partial charge in [-0.25, -0.2) is 4.79 Å². The van der Waals surface area contributed by atoms with E-state index in [4.69, 9.17) is 9.47 Å². The van der Waals surface area contributed by atoms with E-state index >= 15 is 0 Å². The Hall–Kier alpha value is -2.66. The van der Waals surface area contributed by atoms with Crippen molar-refractivity contribution >= 4 is 57.1 Å². The van der Waals surface area contributed by atoms with Crippen LogP contribution >= 0.6 is 23.1 Å². The molecule has 0 aliphatic carbocycles. The van der Waals surface area contributed by atoms with E-state index in [2.05, 4.69) is 11.9 Å². The number of likely N-dealkylation sites (tertiary alicyclic amines) is 1. The smallest absolute Gasteiger partial charge is 0.338 e. The van der Waals surface area contributed by atoms with Crippen molar-refractivity contribution in [2.24, 2.45) is 10.9 Å². The Morgan fingerprint density at radius 2 is 2.03 bits per heavy atom. The summed E-state index contributed by atoms with van der Waals surface area (Å²) >= 11 is 2.43. The van der Waals surface area contributed by atoms with Crippen LogP contribution in [-0.2, 0) is 30.4 Å². The van der Waals surface area contributed by atoms with Gasteiger partial charge in [-0.3, -0.25) is 14.4 Å². The van der Waals surface area contributed by atoms with Gasteiger partial charge in [0.05, 0.1) is 41.0 Å². The first-order valence-electron chi connectivity index (χ1n) is 11.1. The third kappa shape index (κ3) is 6.69. The van der Waals surface area contributed by atoms with E-state index in [0.29, 0.717) is 26.5 Å². The fraction of sp³-hybridized carbons (Fsp3) is 0.522. The molecule has 2 amide bonds. The molecule has 1 aliphatic heterocycles. The number of thiazole rings is 1. The zero-order chi connectivity index (χ0) is 24.7. The molecule has 0 spiro atoms. The molecule has 1 fully saturated rings. The standard InChI is InChI=1S/C23H29N3O6S2/c1-4-32-22(30)16-7-8-17-18(10-16)34-23(26(17)12-21(29)31-3)24-19(27)13-33-14-20(28)25-9-5-6-15(2)11-25/h7-8,10,15H,4-6,9,11-14H2,1-3H3. The number of fused-ring (bicyclic) bond motifs is 1. The molecule has 184 valence electrons. The molecule has 1 saturated heterocycles. The van der Waals surface area contributed by atoms with E-state index in [1.807, 2.05) is 4.90 Å². The van der Waals surface area contributed by atoms with Gasteiger partial charge in [0.1, 0.15) is 6.54 Å². The summed E-state index contributed by atoms with van der Waals surface area (Å²) in [6.45, 7) is 5.54. The Balaban J connectivity index is 1.76. The number of aromatic nitrogens is 1. The zero-order valence-corrected chi connectivity index (χ0v) is 21.2. The van der Waals surface area contributed by atoms with Crippen LogP contribution in [0, 0.1) is 5.92 Å². The molecule has 1 unspecified atom stereocenters. The van der Waals surface area contributed by atoms with Crippen molar-refractivity contribution in [2.45, 2.75) is 33.2 Å². The molecule has 0 radical (unpaired) electrons. The first-order chi connectivity index (χ1) is 16.3. The van der Waals surface area contributed by atoms with Crippen molar-refractivity contribution in [3.8, 4) is 0 Å². The van der Waals surface area contributed by atoms with E-state index in [0.717, 1.165) is 25.9 Å². The van der Waals surface area contributed by atoms with Crippen molar-refractivity contribution < 1.29 is 28.7 Å². The number of hydrogen-bond donors (Lipinski definition) is 0. The minimum absolute atomic E-state index is 0.0402. The lowest BCUT2D eigenvalue weighted by atomic mass is 10.0. The first-order valence-corrected chi connectivity index (χ1v) is 13.1. The summed E-state index contributed by atoms with van der Waals surface area (Å²) in [7, 11) is 1.29. The molecular formula is C23H29N3O6S2. The molecule has 0 N–H and O–H groups in total. The molecule has 2 heterocycles. The molecule has 1 aliphatic rings. The number of amides is 2. The van der Waals surface area contributed by atoms with Gasteiger partial charge in [0.25, 0.3) is 5.91 Å². The highest BCUT2D eigenvalue weighted by molar-refractivity contribution is 8.00. The third-order valence-corrected chi connectivity index (χ3v) is 7.33. The molecular weight excluding hydrogens is 478 g/mol. The second kappa shape index (κ2) is 12.2. The molecule has 1 aromatic carbocycles. The van der Waals surface area contributed by atoms with Gasteiger partial charge in [-0.05, 0) is 43.9 Å². The second-order valence-electron chi connectivity index (χ2n) is 8.04. The largest absolute Gasteiger partial charge is 0.468 e. The van der Waals surface area contributed by atoms with Crippen LogP contribution in [0.1, 0.15) is 37.0 Å². The highest BCUT2D eigenvalue weighted by Gasteiger charge is 2.21. The summed E-state index contributed by atoms with van der Waals surface area (Å²) in [5.41, 5.74) is 1.02. The predicted molar refractivity (Wildman–Crippen MR) is 131 cm³/mol. The van der Waals surface area contributed by atoms with E-state index in [1.165, 1.54) is 30.2 Å². The number of piperidine rings is 1. The average Bonchev–Trinajstić information content (AvgIpc) is 3.14. The molecule has 0 bridgehead atoms. The van der Waals surface area contributed by atoms with Crippen LogP contribution in [0.5, 0.6) is 0 Å². The fourth-order valence-electron chi connectivity index (χ4n) is 3.72. The highest BCUT2D eigenvalue weighted by Crippen LogP contribution is 2.20. The number of rotatable bonds is 8. The molecule has 11 heteroatoms. The number of nitrogens with zero attached hydrogens (tertiary/aromatic N) is 3. The van der Waals surface area contributed by atoms with Gasteiger partial charge in [-0.2, -0.15) is 4.99 Å². The lowest BCUT2D eigenvalue weighted by Gasteiger charge is -2.30. The monoisotopic (exact) mass is 507 g/mol. The van der Waals surface area contributed by atoms with Gasteiger partial charge in [0, 0.05) is 13.1 Å². The molecule has 2 aromatic rings. The predicted octanol–water partition coefficient (Wildman–Crippen LogP) is 2.47. The van der Waals surface area contributed by atoms with Gasteiger partial charge in [0.15, 0.2) is 4.80 Å². The molecule has 9 nitrogen and oxygen atoms in total. The summed E-state index contributed by atoms with van der Waals surface area (Å²) in [5, 5.41) is 0. The SMILES string of the molecule is CCOC(=O)c1ccc2c(c1)sc(=NC(=O)CSCC(=O)N1CCCC(C)C1)n2CC(=O)OC. The summed E-state index contributed by atoms with van der Waals surface area (Å²) < 4.78 is 12.1. The Morgan fingerprint density at radius 1 is 1.24 bits per heavy atom. The van der Waals surface area contributed by atoms with Gasteiger partial charge in [-0.15, -0.1) is 11.8 Å². The Morgan fingerprint density at radius 3 is 2.74 bits per heavy atom. The number of esters is 2. The van der Waals surface area contributed by atoms with Gasteiger partial charge >= 0.3 is 11.9 Å². The van der Waals surface area contributed by atoms with Gasteiger partial charge in [0.2, 0.25) is 5.91 Å². The van der Waals surface area contributed by atoms with Crippen LogP contribution in [-0.4, -0.2) is 71.5 Å². The lowest BCUT2D eigenvalue weighted by Crippen LogP contribution is -2.40. The highest BCUT2D eigenvalue weighted by atomic mass is 32.2. The maximum Gasteiger partial charge on any atom is 0.338 e. The zero-order valence-electron chi connectivity index (χ0n) is 19.6. The van der Waals surface area contributed by atoms with Crippen molar-refractivity contribution in [1.82, 2.24) is 9.47 Å². The molecule has 34 heavy (non-hydrogen) atoms. The Kier molecular flexibility index (Phi) is 9.28. The number of ether oxygens (including phenoxy) is 2. The van der Waals surface area contributed by atoms with Crippen molar-refractivity contribution in [3.05, 3.63) is 28.6 Å². The Bertz CT molecular complexity index is 1140. The molecule has 3 rings (SSSR count). The molecule has 0 saturated carbocycles. The number of thioether (sulfide) groups is 1. The molecule has 1 aromatic heterocycles. The third-order valence-electron chi connectivity index (χ3n) is 5.39. The summed E-state index contributed by atoms with van der Waals surface area (Å²) in [5.74, 6) is -0.517. The van der Waals surface area contributed by atoms with Gasteiger partial charge in [-0.1, -0.05) is 18.3 Å². The average molecular weight is 508 g/mol. The fourth-order valence-corrected chi connectivity index (χ4v) is 5.50. The van der Waals surface area contributed by atoms with Crippen molar-refractivity contribution in [1.29, 1.82) is 0 Å². The number of carbonyl (C=O) groups excluding carboxylic acids is 4. The number of benzene rings is 1. The van der Waals surface area contributed by atoms with E-state index in [-0.39, 0.29) is 30.6 Å². The summed E-state index contributed by atoms with van der Waals surface area (Å²) in [4.78, 5) is 55.4. The van der Waals surface area contributed by atoms with Crippen LogP contribution in [0.25, 0.3) is 10.2 Å². The summed E-state index contributed by atoms with van der Waals surface area (Å²) in [6, 6.07) is 4.95. The van der Waals surface area contributed by atoms with Crippen LogP contribution in [0.3, 0.4) is 0 Å². The van der Waals surface area contributed by atoms with Crippen LogP contribution in [0.15, 0.2) is 23.2 Å². The normalized spacial score (nSPS) is 16.5. The van der Waals surface area contributed by atoms with Gasteiger partial charge < -0.3 is 18.9 Å². The van der Waals surface area contributed by atoms with Crippen molar-refractivity contribution in [2.75, 3.05) is 38.3 Å². The van der Waals surface area contributed by atoms with Crippen LogP contribution in [0.4, 0.5) is 0 Å². The van der Waals surface area contributed by atoms with E-state index in [1.54, 1.807) is 29.7 Å². The minimum atomic E-state index is -0.487. The van der Waals surface area contributed by atoms with Crippen LogP contribution < -0.4 is 4.80 Å². The quantitative estimate of drug-likeness (QED) is 0.505. The Labute approximate surface area is 206 Å².